The van der Waals surface area contributed by atoms with Gasteiger partial charge in [-0.25, -0.2) is 0 Å². The van der Waals surface area contributed by atoms with Gasteiger partial charge in [-0.05, 0) is 36.2 Å². The quantitative estimate of drug-likeness (QED) is 0.860. The third-order valence-corrected chi connectivity index (χ3v) is 4.56. The maximum atomic E-state index is 12.8. The zero-order valence-corrected chi connectivity index (χ0v) is 14.9. The Bertz CT molecular complexity index is 730. The lowest BCUT2D eigenvalue weighted by Gasteiger charge is -2.17. The van der Waals surface area contributed by atoms with E-state index < -0.39 is 6.61 Å². The van der Waals surface area contributed by atoms with Crippen molar-refractivity contribution in [3.05, 3.63) is 65.7 Å². The van der Waals surface area contributed by atoms with E-state index in [4.69, 9.17) is 5.73 Å². The van der Waals surface area contributed by atoms with Gasteiger partial charge in [-0.15, -0.1) is 12.4 Å². The maximum absolute atomic E-state index is 12.8. The van der Waals surface area contributed by atoms with Crippen LogP contribution in [0.2, 0.25) is 0 Å². The van der Waals surface area contributed by atoms with Crippen molar-refractivity contribution in [2.45, 2.75) is 12.5 Å². The molecule has 1 fully saturated rings. The van der Waals surface area contributed by atoms with Gasteiger partial charge in [-0.3, -0.25) is 4.79 Å². The minimum atomic E-state index is -2.92. The summed E-state index contributed by atoms with van der Waals surface area (Å²) in [6, 6.07) is 15.9. The first-order chi connectivity index (χ1) is 12.1. The van der Waals surface area contributed by atoms with E-state index >= 15 is 0 Å². The molecular formula is C19H21ClF2N2O2. The summed E-state index contributed by atoms with van der Waals surface area (Å²) in [7, 11) is 0. The molecule has 2 atom stereocenters. The van der Waals surface area contributed by atoms with E-state index in [0.717, 1.165) is 5.56 Å². The first kappa shape index (κ1) is 20.1. The summed E-state index contributed by atoms with van der Waals surface area (Å²) in [5.41, 5.74) is 7.39. The van der Waals surface area contributed by atoms with Crippen LogP contribution in [-0.4, -0.2) is 37.1 Å². The Morgan fingerprint density at radius 3 is 2.54 bits per heavy atom. The lowest BCUT2D eigenvalue weighted by molar-refractivity contribution is -0.0499. The molecule has 1 amide bonds. The Hall–Kier alpha value is -2.18. The van der Waals surface area contributed by atoms with Crippen molar-refractivity contribution < 1.29 is 18.3 Å². The number of hydrogen-bond acceptors (Lipinski definition) is 3. The summed E-state index contributed by atoms with van der Waals surface area (Å²) in [6.45, 7) is -1.32. The van der Waals surface area contributed by atoms with E-state index in [9.17, 15) is 13.6 Å². The number of alkyl halides is 2. The Kier molecular flexibility index (Phi) is 6.94. The molecule has 0 spiro atoms. The third-order valence-electron chi connectivity index (χ3n) is 4.56. The fourth-order valence-corrected chi connectivity index (χ4v) is 3.34. The highest BCUT2D eigenvalue weighted by Crippen LogP contribution is 2.33. The smallest absolute Gasteiger partial charge is 0.387 e. The second-order valence-electron chi connectivity index (χ2n) is 6.13. The number of likely N-dealkylation sites (tertiary alicyclic amines) is 1. The molecule has 0 saturated carbocycles. The van der Waals surface area contributed by atoms with Crippen LogP contribution in [0.3, 0.4) is 0 Å². The number of amides is 1. The molecule has 0 unspecified atom stereocenters. The van der Waals surface area contributed by atoms with Crippen LogP contribution in [-0.2, 0) is 0 Å². The number of ether oxygens (including phenoxy) is 1. The lowest BCUT2D eigenvalue weighted by atomic mass is 9.89. The lowest BCUT2D eigenvalue weighted by Crippen LogP contribution is -2.29. The van der Waals surface area contributed by atoms with Gasteiger partial charge in [0.2, 0.25) is 0 Å². The van der Waals surface area contributed by atoms with E-state index in [1.807, 2.05) is 30.3 Å². The molecule has 3 rings (SSSR count). The van der Waals surface area contributed by atoms with Crippen LogP contribution in [0, 0.1) is 5.92 Å². The second-order valence-corrected chi connectivity index (χ2v) is 6.13. The van der Waals surface area contributed by atoms with Gasteiger partial charge in [0.1, 0.15) is 5.75 Å². The summed E-state index contributed by atoms with van der Waals surface area (Å²) in [5.74, 6) is 0.133. The predicted molar refractivity (Wildman–Crippen MR) is 98.0 cm³/mol. The summed E-state index contributed by atoms with van der Waals surface area (Å²) in [6.07, 6.45) is 0. The van der Waals surface area contributed by atoms with Crippen LogP contribution >= 0.6 is 12.4 Å². The normalized spacial score (nSPS) is 19.3. The summed E-state index contributed by atoms with van der Waals surface area (Å²) in [5, 5.41) is 0. The highest BCUT2D eigenvalue weighted by atomic mass is 35.5. The molecular weight excluding hydrogens is 362 g/mol. The van der Waals surface area contributed by atoms with Crippen molar-refractivity contribution in [1.29, 1.82) is 0 Å². The molecule has 2 aromatic rings. The fourth-order valence-electron chi connectivity index (χ4n) is 3.34. The van der Waals surface area contributed by atoms with Crippen LogP contribution in [0.5, 0.6) is 5.75 Å². The average molecular weight is 383 g/mol. The predicted octanol–water partition coefficient (Wildman–Crippen LogP) is 3.52. The molecule has 0 radical (unpaired) electrons. The van der Waals surface area contributed by atoms with Gasteiger partial charge in [0.05, 0.1) is 0 Å². The van der Waals surface area contributed by atoms with E-state index in [1.165, 1.54) is 18.2 Å². The topological polar surface area (TPSA) is 55.6 Å². The Labute approximate surface area is 157 Å². The Morgan fingerprint density at radius 2 is 1.88 bits per heavy atom. The van der Waals surface area contributed by atoms with Crippen molar-refractivity contribution in [2.75, 3.05) is 19.6 Å². The van der Waals surface area contributed by atoms with Crippen molar-refractivity contribution in [3.63, 3.8) is 0 Å². The number of carbonyl (C=O) groups excluding carboxylic acids is 1. The molecule has 2 aromatic carbocycles. The zero-order chi connectivity index (χ0) is 17.8. The number of halogens is 3. The molecule has 1 heterocycles. The SMILES string of the molecule is Cl.NC[C@@H]1CN(C(=O)c2cccc(OC(F)F)c2)C[C@H]1c1ccccc1. The molecule has 1 aliphatic rings. The van der Waals surface area contributed by atoms with Gasteiger partial charge in [-0.1, -0.05) is 36.4 Å². The molecule has 1 aliphatic heterocycles. The molecule has 1 saturated heterocycles. The van der Waals surface area contributed by atoms with Gasteiger partial charge in [0, 0.05) is 24.6 Å². The molecule has 0 aromatic heterocycles. The fraction of sp³-hybridized carbons (Fsp3) is 0.316. The van der Waals surface area contributed by atoms with Crippen LogP contribution in [0.4, 0.5) is 8.78 Å². The summed E-state index contributed by atoms with van der Waals surface area (Å²) in [4.78, 5) is 14.5. The van der Waals surface area contributed by atoms with E-state index in [2.05, 4.69) is 4.74 Å². The van der Waals surface area contributed by atoms with Crippen LogP contribution in [0.1, 0.15) is 21.8 Å². The second kappa shape index (κ2) is 8.96. The summed E-state index contributed by atoms with van der Waals surface area (Å²) >= 11 is 0. The van der Waals surface area contributed by atoms with Crippen molar-refractivity contribution >= 4 is 18.3 Å². The number of nitrogens with zero attached hydrogens (tertiary/aromatic N) is 1. The highest BCUT2D eigenvalue weighted by molar-refractivity contribution is 5.94. The molecule has 0 bridgehead atoms. The molecule has 7 heteroatoms. The van der Waals surface area contributed by atoms with Crippen LogP contribution < -0.4 is 10.5 Å². The number of nitrogens with two attached hydrogens (primary N) is 1. The maximum Gasteiger partial charge on any atom is 0.387 e. The van der Waals surface area contributed by atoms with Crippen molar-refractivity contribution in [3.8, 4) is 5.75 Å². The molecule has 0 aliphatic carbocycles. The van der Waals surface area contributed by atoms with Gasteiger partial charge in [0.15, 0.2) is 0 Å². The molecule has 4 nitrogen and oxygen atoms in total. The first-order valence-corrected chi connectivity index (χ1v) is 8.17. The Balaban J connectivity index is 0.00000243. The van der Waals surface area contributed by atoms with Gasteiger partial charge in [0.25, 0.3) is 5.91 Å². The van der Waals surface area contributed by atoms with E-state index in [0.29, 0.717) is 25.2 Å². The molecule has 2 N–H and O–H groups in total. The number of carbonyl (C=O) groups is 1. The minimum absolute atomic E-state index is 0. The van der Waals surface area contributed by atoms with Crippen molar-refractivity contribution in [2.24, 2.45) is 11.7 Å². The third kappa shape index (κ3) is 4.51. The molecule has 140 valence electrons. The van der Waals surface area contributed by atoms with Gasteiger partial charge in [-0.2, -0.15) is 8.78 Å². The van der Waals surface area contributed by atoms with Crippen LogP contribution in [0.15, 0.2) is 54.6 Å². The standard InChI is InChI=1S/C19H20F2N2O2.ClH/c20-19(21)25-16-8-4-7-14(9-16)18(24)23-11-15(10-22)17(12-23)13-5-2-1-3-6-13;/h1-9,15,17,19H,10-12,22H2;1H/t15-,17+;/m1./s1. The zero-order valence-electron chi connectivity index (χ0n) is 14.1. The van der Waals surface area contributed by atoms with Crippen LogP contribution in [0.25, 0.3) is 0 Å². The van der Waals surface area contributed by atoms with E-state index in [-0.39, 0.29) is 35.9 Å². The first-order valence-electron chi connectivity index (χ1n) is 8.17. The van der Waals surface area contributed by atoms with Gasteiger partial charge < -0.3 is 15.4 Å². The molecule has 26 heavy (non-hydrogen) atoms. The average Bonchev–Trinajstić information content (AvgIpc) is 3.06. The Morgan fingerprint density at radius 1 is 1.15 bits per heavy atom. The number of benzene rings is 2. The number of hydrogen-bond donors (Lipinski definition) is 1. The summed E-state index contributed by atoms with van der Waals surface area (Å²) < 4.78 is 29.1. The minimum Gasteiger partial charge on any atom is -0.435 e. The monoisotopic (exact) mass is 382 g/mol. The number of rotatable bonds is 5. The van der Waals surface area contributed by atoms with E-state index in [1.54, 1.807) is 11.0 Å². The highest BCUT2D eigenvalue weighted by Gasteiger charge is 2.35. The van der Waals surface area contributed by atoms with Gasteiger partial charge >= 0.3 is 6.61 Å². The largest absolute Gasteiger partial charge is 0.435 e. The van der Waals surface area contributed by atoms with Crippen molar-refractivity contribution in [1.82, 2.24) is 4.90 Å².